The van der Waals surface area contributed by atoms with Gasteiger partial charge in [-0.1, -0.05) is 96.7 Å². The molecular formula is C28H42N2. The third kappa shape index (κ3) is 5.97. The summed E-state index contributed by atoms with van der Waals surface area (Å²) < 4.78 is 0. The summed E-state index contributed by atoms with van der Waals surface area (Å²) in [5.41, 5.74) is 14.8. The van der Waals surface area contributed by atoms with E-state index < -0.39 is 0 Å². The summed E-state index contributed by atoms with van der Waals surface area (Å²) in [6.07, 6.45) is 8.32. The second-order valence-corrected chi connectivity index (χ2v) is 8.80. The van der Waals surface area contributed by atoms with E-state index in [1.54, 1.807) is 0 Å². The van der Waals surface area contributed by atoms with E-state index in [1.807, 2.05) is 0 Å². The first-order valence-corrected chi connectivity index (χ1v) is 12.0. The Kier molecular flexibility index (Phi) is 9.62. The number of para-hydroxylation sites is 2. The van der Waals surface area contributed by atoms with E-state index in [0.717, 1.165) is 29.1 Å². The Labute approximate surface area is 185 Å². The Morgan fingerprint density at radius 3 is 2.03 bits per heavy atom. The maximum Gasteiger partial charge on any atom is 0.0699 e. The molecule has 2 atom stereocenters. The van der Waals surface area contributed by atoms with Crippen molar-refractivity contribution in [1.29, 1.82) is 0 Å². The van der Waals surface area contributed by atoms with Crippen LogP contribution in [-0.4, -0.2) is 5.71 Å². The van der Waals surface area contributed by atoms with Crippen molar-refractivity contribution in [3.05, 3.63) is 58.7 Å². The van der Waals surface area contributed by atoms with Crippen molar-refractivity contribution < 1.29 is 0 Å². The number of nitrogens with two attached hydrogens (primary N) is 1. The second-order valence-electron chi connectivity index (χ2n) is 8.80. The molecule has 0 saturated carbocycles. The number of hydrogen-bond donors (Lipinski definition) is 1. The molecule has 2 N–H and O–H groups in total. The van der Waals surface area contributed by atoms with Crippen molar-refractivity contribution in [3.8, 4) is 0 Å². The third-order valence-electron chi connectivity index (χ3n) is 6.38. The van der Waals surface area contributed by atoms with Crippen molar-refractivity contribution in [2.24, 2.45) is 4.99 Å². The number of aryl methyl sites for hydroxylation is 1. The number of unbranched alkanes of at least 4 members (excludes halogenated alkanes) is 2. The zero-order valence-electron chi connectivity index (χ0n) is 20.1. The van der Waals surface area contributed by atoms with Gasteiger partial charge < -0.3 is 5.73 Å². The van der Waals surface area contributed by atoms with Crippen LogP contribution in [-0.2, 0) is 6.42 Å². The van der Waals surface area contributed by atoms with Gasteiger partial charge in [0.05, 0.1) is 5.69 Å². The van der Waals surface area contributed by atoms with Gasteiger partial charge in [0.1, 0.15) is 0 Å². The SMILES string of the molecule is CCCCC(C)c1cccc(C(C)=Nc2c(CC)cccc2C(C)CCCC)c1N. The minimum absolute atomic E-state index is 0.477. The van der Waals surface area contributed by atoms with Crippen LogP contribution in [0.15, 0.2) is 41.4 Å². The van der Waals surface area contributed by atoms with Gasteiger partial charge in [0, 0.05) is 17.0 Å². The van der Waals surface area contributed by atoms with Crippen molar-refractivity contribution in [2.45, 2.75) is 98.3 Å². The molecule has 0 bridgehead atoms. The molecular weight excluding hydrogens is 364 g/mol. The van der Waals surface area contributed by atoms with E-state index in [1.165, 1.54) is 55.2 Å². The molecule has 0 amide bonds. The van der Waals surface area contributed by atoms with Crippen molar-refractivity contribution in [3.63, 3.8) is 0 Å². The highest BCUT2D eigenvalue weighted by Gasteiger charge is 2.16. The fourth-order valence-corrected chi connectivity index (χ4v) is 4.32. The summed E-state index contributed by atoms with van der Waals surface area (Å²) >= 11 is 0. The molecule has 2 unspecified atom stereocenters. The maximum absolute atomic E-state index is 6.66. The number of aliphatic imine (C=N–C) groups is 1. The number of nitrogen functional groups attached to an aromatic ring is 1. The molecule has 0 saturated heterocycles. The number of benzene rings is 2. The van der Waals surface area contributed by atoms with Gasteiger partial charge in [-0.15, -0.1) is 0 Å². The van der Waals surface area contributed by atoms with E-state index in [0.29, 0.717) is 11.8 Å². The molecule has 2 heteroatoms. The van der Waals surface area contributed by atoms with Crippen LogP contribution >= 0.6 is 0 Å². The predicted molar refractivity (Wildman–Crippen MR) is 134 cm³/mol. The van der Waals surface area contributed by atoms with Crippen LogP contribution in [0.3, 0.4) is 0 Å². The molecule has 2 rings (SSSR count). The lowest BCUT2D eigenvalue weighted by Gasteiger charge is -2.19. The Morgan fingerprint density at radius 2 is 1.43 bits per heavy atom. The van der Waals surface area contributed by atoms with Gasteiger partial charge in [-0.3, -0.25) is 4.99 Å². The maximum atomic E-state index is 6.66. The topological polar surface area (TPSA) is 38.4 Å². The molecule has 0 radical (unpaired) electrons. The molecule has 0 aliphatic carbocycles. The molecule has 2 nitrogen and oxygen atoms in total. The van der Waals surface area contributed by atoms with Crippen LogP contribution in [0.25, 0.3) is 0 Å². The summed E-state index contributed by atoms with van der Waals surface area (Å²) in [7, 11) is 0. The minimum atomic E-state index is 0.477. The summed E-state index contributed by atoms with van der Waals surface area (Å²) in [6, 6.07) is 13.1. The lowest BCUT2D eigenvalue weighted by molar-refractivity contribution is 0.624. The normalized spacial score (nSPS) is 14.0. The molecule has 0 fully saturated rings. The average Bonchev–Trinajstić information content (AvgIpc) is 2.75. The molecule has 2 aromatic rings. The molecule has 0 aliphatic rings. The van der Waals surface area contributed by atoms with Crippen LogP contribution in [0.5, 0.6) is 0 Å². The predicted octanol–water partition coefficient (Wildman–Crippen LogP) is 8.56. The van der Waals surface area contributed by atoms with Crippen LogP contribution in [0.4, 0.5) is 11.4 Å². The zero-order chi connectivity index (χ0) is 22.1. The fourth-order valence-electron chi connectivity index (χ4n) is 4.32. The number of hydrogen-bond acceptors (Lipinski definition) is 2. The van der Waals surface area contributed by atoms with Crippen LogP contribution in [0.1, 0.15) is 114 Å². The van der Waals surface area contributed by atoms with Crippen molar-refractivity contribution >= 4 is 17.1 Å². The molecule has 0 heterocycles. The first kappa shape index (κ1) is 24.2. The van der Waals surface area contributed by atoms with Gasteiger partial charge >= 0.3 is 0 Å². The van der Waals surface area contributed by atoms with Crippen LogP contribution in [0, 0.1) is 0 Å². The monoisotopic (exact) mass is 406 g/mol. The van der Waals surface area contributed by atoms with Gasteiger partial charge in [-0.2, -0.15) is 0 Å². The van der Waals surface area contributed by atoms with Gasteiger partial charge in [-0.25, -0.2) is 0 Å². The number of rotatable bonds is 11. The molecule has 0 aromatic heterocycles. The summed E-state index contributed by atoms with van der Waals surface area (Å²) in [5, 5.41) is 0. The van der Waals surface area contributed by atoms with Crippen LogP contribution < -0.4 is 5.73 Å². The van der Waals surface area contributed by atoms with Gasteiger partial charge in [0.15, 0.2) is 0 Å². The van der Waals surface area contributed by atoms with Gasteiger partial charge in [-0.05, 0) is 54.7 Å². The smallest absolute Gasteiger partial charge is 0.0699 e. The summed E-state index contributed by atoms with van der Waals surface area (Å²) in [6.45, 7) is 13.5. The van der Waals surface area contributed by atoms with E-state index in [2.05, 4.69) is 77.9 Å². The lowest BCUT2D eigenvalue weighted by Crippen LogP contribution is -2.07. The fraction of sp³-hybridized carbons (Fsp3) is 0.536. The second kappa shape index (κ2) is 11.9. The highest BCUT2D eigenvalue weighted by atomic mass is 14.8. The quantitative estimate of drug-likeness (QED) is 0.294. The van der Waals surface area contributed by atoms with Crippen molar-refractivity contribution in [1.82, 2.24) is 0 Å². The highest BCUT2D eigenvalue weighted by Crippen LogP contribution is 2.35. The van der Waals surface area contributed by atoms with Gasteiger partial charge in [0.2, 0.25) is 0 Å². The Hall–Kier alpha value is -2.09. The zero-order valence-corrected chi connectivity index (χ0v) is 20.1. The summed E-state index contributed by atoms with van der Waals surface area (Å²) in [5.74, 6) is 0.992. The molecule has 2 aromatic carbocycles. The Balaban J connectivity index is 2.46. The number of nitrogens with zero attached hydrogens (tertiary/aromatic N) is 1. The van der Waals surface area contributed by atoms with Crippen LogP contribution in [0.2, 0.25) is 0 Å². The average molecular weight is 407 g/mol. The Morgan fingerprint density at radius 1 is 0.867 bits per heavy atom. The minimum Gasteiger partial charge on any atom is -0.398 e. The molecule has 0 aliphatic heterocycles. The van der Waals surface area contributed by atoms with E-state index >= 15 is 0 Å². The molecule has 30 heavy (non-hydrogen) atoms. The first-order valence-electron chi connectivity index (χ1n) is 12.0. The van der Waals surface area contributed by atoms with E-state index in [9.17, 15) is 0 Å². The first-order chi connectivity index (χ1) is 14.4. The van der Waals surface area contributed by atoms with Crippen molar-refractivity contribution in [2.75, 3.05) is 5.73 Å². The highest BCUT2D eigenvalue weighted by molar-refractivity contribution is 6.05. The standard InChI is InChI=1S/C28H42N2/c1-7-10-14-20(4)24-17-13-19-26(27(24)29)22(6)30-28-23(9-3)16-12-18-25(28)21(5)15-11-8-2/h12-13,16-21H,7-11,14-15,29H2,1-6H3. The summed E-state index contributed by atoms with van der Waals surface area (Å²) in [4.78, 5) is 5.19. The molecule has 0 spiro atoms. The van der Waals surface area contributed by atoms with E-state index in [-0.39, 0.29) is 0 Å². The lowest BCUT2D eigenvalue weighted by atomic mass is 9.90. The third-order valence-corrected chi connectivity index (χ3v) is 6.38. The molecule has 164 valence electrons. The van der Waals surface area contributed by atoms with E-state index in [4.69, 9.17) is 10.7 Å². The number of anilines is 1. The largest absolute Gasteiger partial charge is 0.398 e. The van der Waals surface area contributed by atoms with Gasteiger partial charge in [0.25, 0.3) is 0 Å². The Bertz CT molecular complexity index is 835.